The minimum atomic E-state index is -4.63. The monoisotopic (exact) mass is 315 g/mol. The lowest BCUT2D eigenvalue weighted by molar-refractivity contribution is -0.138. The van der Waals surface area contributed by atoms with Crippen molar-refractivity contribution in [3.63, 3.8) is 0 Å². The lowest BCUT2D eigenvalue weighted by Crippen LogP contribution is -2.26. The van der Waals surface area contributed by atoms with E-state index in [0.717, 1.165) is 19.3 Å². The minimum absolute atomic E-state index is 0.0411. The van der Waals surface area contributed by atoms with Crippen LogP contribution in [0.3, 0.4) is 0 Å². The number of carbonyl (C=O) groups excluding carboxylic acids is 1. The molecule has 1 fully saturated rings. The van der Waals surface area contributed by atoms with Crippen molar-refractivity contribution in [2.24, 2.45) is 0 Å². The highest BCUT2D eigenvalue weighted by molar-refractivity contribution is 5.96. The Morgan fingerprint density at radius 3 is 2.86 bits per heavy atom. The molecular formula is C15H16F3NO3. The van der Waals surface area contributed by atoms with Crippen LogP contribution in [0.15, 0.2) is 10.7 Å². The van der Waals surface area contributed by atoms with E-state index in [1.54, 1.807) is 0 Å². The van der Waals surface area contributed by atoms with E-state index in [4.69, 9.17) is 9.15 Å². The van der Waals surface area contributed by atoms with E-state index in [-0.39, 0.29) is 18.4 Å². The number of nitrogens with one attached hydrogen (secondary N) is 1. The number of hydrogen-bond donors (Lipinski definition) is 1. The second-order valence-corrected chi connectivity index (χ2v) is 4.94. The summed E-state index contributed by atoms with van der Waals surface area (Å²) >= 11 is 0. The van der Waals surface area contributed by atoms with E-state index in [1.165, 1.54) is 6.92 Å². The van der Waals surface area contributed by atoms with Gasteiger partial charge in [-0.2, -0.15) is 13.2 Å². The number of amides is 1. The number of halogens is 3. The largest absolute Gasteiger partial charge is 0.468 e. The van der Waals surface area contributed by atoms with Crippen LogP contribution in [0.5, 0.6) is 0 Å². The zero-order valence-electron chi connectivity index (χ0n) is 12.0. The maximum Gasteiger partial charge on any atom is 0.420 e. The maximum atomic E-state index is 12.8. The number of furan rings is 1. The average molecular weight is 315 g/mol. The molecule has 2 heterocycles. The molecule has 1 amide bonds. The molecule has 1 atom stereocenters. The van der Waals surface area contributed by atoms with Gasteiger partial charge in [0.2, 0.25) is 0 Å². The highest BCUT2D eigenvalue weighted by atomic mass is 19.4. The summed E-state index contributed by atoms with van der Waals surface area (Å²) in [4.78, 5) is 11.9. The van der Waals surface area contributed by atoms with Crippen LogP contribution in [0.1, 0.15) is 40.9 Å². The molecule has 0 aliphatic carbocycles. The number of aryl methyl sites for hydroxylation is 1. The fourth-order valence-electron chi connectivity index (χ4n) is 2.18. The summed E-state index contributed by atoms with van der Waals surface area (Å²) in [6.07, 6.45) is -1.37. The van der Waals surface area contributed by atoms with Gasteiger partial charge in [-0.25, -0.2) is 0 Å². The number of ether oxygens (including phenoxy) is 1. The Morgan fingerprint density at radius 1 is 1.45 bits per heavy atom. The van der Waals surface area contributed by atoms with Crippen molar-refractivity contribution in [3.8, 4) is 11.8 Å². The molecule has 0 aromatic carbocycles. The zero-order chi connectivity index (χ0) is 16.2. The van der Waals surface area contributed by atoms with Gasteiger partial charge in [0, 0.05) is 6.61 Å². The first-order valence-electron chi connectivity index (χ1n) is 6.93. The highest BCUT2D eigenvalue weighted by Gasteiger charge is 2.38. The van der Waals surface area contributed by atoms with Gasteiger partial charge in [-0.15, -0.1) is 0 Å². The van der Waals surface area contributed by atoms with Gasteiger partial charge in [0.25, 0.3) is 5.91 Å². The molecule has 0 spiro atoms. The van der Waals surface area contributed by atoms with Gasteiger partial charge < -0.3 is 14.5 Å². The third-order valence-corrected chi connectivity index (χ3v) is 3.29. The first-order chi connectivity index (χ1) is 10.4. The van der Waals surface area contributed by atoms with Gasteiger partial charge in [0.05, 0.1) is 12.1 Å². The normalized spacial score (nSPS) is 18.5. The molecule has 120 valence electrons. The predicted molar refractivity (Wildman–Crippen MR) is 72.1 cm³/mol. The first kappa shape index (κ1) is 16.4. The van der Waals surface area contributed by atoms with Crippen molar-refractivity contribution in [2.75, 3.05) is 13.2 Å². The average Bonchev–Trinajstić information content (AvgIpc) is 2.86. The SMILES string of the molecule is Cc1occ(C(F)(F)F)c1C(=O)NCC#CC1CCCCO1. The third kappa shape index (κ3) is 4.04. The fraction of sp³-hybridized carbons (Fsp3) is 0.533. The van der Waals surface area contributed by atoms with Crippen molar-refractivity contribution in [1.82, 2.24) is 5.32 Å². The van der Waals surface area contributed by atoms with Crippen molar-refractivity contribution >= 4 is 5.91 Å². The molecule has 1 aliphatic heterocycles. The molecule has 1 aliphatic rings. The van der Waals surface area contributed by atoms with Crippen LogP contribution in [-0.2, 0) is 10.9 Å². The van der Waals surface area contributed by atoms with Gasteiger partial charge in [-0.05, 0) is 26.2 Å². The lowest BCUT2D eigenvalue weighted by Gasteiger charge is -2.17. The third-order valence-electron chi connectivity index (χ3n) is 3.29. The summed E-state index contributed by atoms with van der Waals surface area (Å²) in [6, 6.07) is 0. The minimum Gasteiger partial charge on any atom is -0.468 e. The molecule has 1 N–H and O–H groups in total. The van der Waals surface area contributed by atoms with E-state index in [9.17, 15) is 18.0 Å². The summed E-state index contributed by atoms with van der Waals surface area (Å²) in [7, 11) is 0. The van der Waals surface area contributed by atoms with E-state index in [0.29, 0.717) is 12.9 Å². The number of carbonyl (C=O) groups is 1. The Kier molecular flexibility index (Phi) is 5.14. The molecule has 0 saturated carbocycles. The second kappa shape index (κ2) is 6.88. The van der Waals surface area contributed by atoms with E-state index in [1.807, 2.05) is 0 Å². The fourth-order valence-corrected chi connectivity index (χ4v) is 2.18. The van der Waals surface area contributed by atoms with Gasteiger partial charge in [0.1, 0.15) is 23.7 Å². The number of hydrogen-bond acceptors (Lipinski definition) is 3. The zero-order valence-corrected chi connectivity index (χ0v) is 12.0. The van der Waals surface area contributed by atoms with Crippen molar-refractivity contribution in [3.05, 3.63) is 23.2 Å². The number of rotatable bonds is 2. The molecule has 4 nitrogen and oxygen atoms in total. The van der Waals surface area contributed by atoms with Crippen LogP contribution in [0, 0.1) is 18.8 Å². The summed E-state index contributed by atoms with van der Waals surface area (Å²) < 4.78 is 48.4. The Labute approximate surface area is 126 Å². The molecule has 0 bridgehead atoms. The highest BCUT2D eigenvalue weighted by Crippen LogP contribution is 2.34. The van der Waals surface area contributed by atoms with E-state index in [2.05, 4.69) is 17.2 Å². The Hall–Kier alpha value is -1.94. The molecule has 0 radical (unpaired) electrons. The van der Waals surface area contributed by atoms with Crippen molar-refractivity contribution in [1.29, 1.82) is 0 Å². The maximum absolute atomic E-state index is 12.8. The molecule has 1 aromatic rings. The quantitative estimate of drug-likeness (QED) is 0.854. The predicted octanol–water partition coefficient (Wildman–Crippen LogP) is 2.91. The smallest absolute Gasteiger partial charge is 0.420 e. The second-order valence-electron chi connectivity index (χ2n) is 4.94. The summed E-state index contributed by atoms with van der Waals surface area (Å²) in [5, 5.41) is 2.35. The van der Waals surface area contributed by atoms with Crippen LogP contribution in [0.25, 0.3) is 0 Å². The summed E-state index contributed by atoms with van der Waals surface area (Å²) in [6.45, 7) is 1.93. The standard InChI is InChI=1S/C15H16F3NO3/c1-10-13(12(9-22-10)15(16,17)18)14(20)19-7-4-6-11-5-2-3-8-21-11/h9,11H,2-3,5,7-8H2,1H3,(H,19,20). The van der Waals surface area contributed by atoms with Gasteiger partial charge in [-0.1, -0.05) is 11.8 Å². The Balaban J connectivity index is 1.96. The molecule has 1 unspecified atom stereocenters. The molecule has 1 saturated heterocycles. The first-order valence-corrected chi connectivity index (χ1v) is 6.93. The lowest BCUT2D eigenvalue weighted by atomic mass is 10.1. The van der Waals surface area contributed by atoms with E-state index >= 15 is 0 Å². The molecular weight excluding hydrogens is 299 g/mol. The summed E-state index contributed by atoms with van der Waals surface area (Å²) in [5.41, 5.74) is -1.57. The number of alkyl halides is 3. The Bertz CT molecular complexity index is 589. The van der Waals surface area contributed by atoms with Gasteiger partial charge in [0.15, 0.2) is 0 Å². The molecule has 1 aromatic heterocycles. The van der Waals surface area contributed by atoms with Crippen LogP contribution in [0.4, 0.5) is 13.2 Å². The van der Waals surface area contributed by atoms with Gasteiger partial charge >= 0.3 is 6.18 Å². The van der Waals surface area contributed by atoms with Crippen molar-refractivity contribution in [2.45, 2.75) is 38.5 Å². The van der Waals surface area contributed by atoms with Crippen LogP contribution >= 0.6 is 0 Å². The van der Waals surface area contributed by atoms with Crippen molar-refractivity contribution < 1.29 is 27.1 Å². The van der Waals surface area contributed by atoms with Gasteiger partial charge in [-0.3, -0.25) is 4.79 Å². The molecule has 7 heteroatoms. The van der Waals surface area contributed by atoms with Crippen LogP contribution in [0.2, 0.25) is 0 Å². The van der Waals surface area contributed by atoms with E-state index < -0.39 is 23.2 Å². The topological polar surface area (TPSA) is 51.5 Å². The molecule has 22 heavy (non-hydrogen) atoms. The Morgan fingerprint density at radius 2 is 2.23 bits per heavy atom. The van der Waals surface area contributed by atoms with Crippen LogP contribution < -0.4 is 5.32 Å². The summed E-state index contributed by atoms with van der Waals surface area (Å²) in [5.74, 6) is 4.63. The molecule has 2 rings (SSSR count). The van der Waals surface area contributed by atoms with Crippen LogP contribution in [-0.4, -0.2) is 25.2 Å².